The Morgan fingerprint density at radius 3 is 2.58 bits per heavy atom. The number of rotatable bonds is 7. The van der Waals surface area contributed by atoms with E-state index in [0.29, 0.717) is 12.8 Å². The smallest absolute Gasteiger partial charge is 0.321 e. The van der Waals surface area contributed by atoms with Crippen molar-refractivity contribution in [3.63, 3.8) is 0 Å². The van der Waals surface area contributed by atoms with Crippen LogP contribution >= 0.6 is 0 Å². The zero-order valence-electron chi connectivity index (χ0n) is 10.3. The molecule has 0 atom stereocenters. The molecule has 0 aliphatic carbocycles. The van der Waals surface area contributed by atoms with Crippen molar-refractivity contribution >= 4 is 17.9 Å². The molecule has 0 saturated heterocycles. The summed E-state index contributed by atoms with van der Waals surface area (Å²) in [5, 5.41) is 13.1. The second kappa shape index (κ2) is 7.91. The fraction of sp³-hybridized carbons (Fsp3) is 0.417. The zero-order chi connectivity index (χ0) is 14.1. The topological polar surface area (TPSA) is 109 Å². The second-order valence-corrected chi connectivity index (χ2v) is 3.96. The first-order chi connectivity index (χ1) is 9.08. The summed E-state index contributed by atoms with van der Waals surface area (Å²) in [7, 11) is 0. The van der Waals surface area contributed by atoms with E-state index in [1.54, 1.807) is 6.07 Å². The SMILES string of the molecule is O=C(O)CCCCC(=O)NC(=O)NCc1ccoc1. The van der Waals surface area contributed by atoms with Crippen molar-refractivity contribution in [3.8, 4) is 0 Å². The largest absolute Gasteiger partial charge is 0.481 e. The van der Waals surface area contributed by atoms with Crippen molar-refractivity contribution in [2.24, 2.45) is 0 Å². The minimum Gasteiger partial charge on any atom is -0.481 e. The molecule has 0 aromatic carbocycles. The molecule has 3 N–H and O–H groups in total. The van der Waals surface area contributed by atoms with E-state index in [1.165, 1.54) is 12.5 Å². The maximum atomic E-state index is 11.3. The molecule has 0 unspecified atom stereocenters. The van der Waals surface area contributed by atoms with Gasteiger partial charge in [-0.3, -0.25) is 14.9 Å². The maximum Gasteiger partial charge on any atom is 0.321 e. The normalized spacial score (nSPS) is 9.89. The molecule has 7 nitrogen and oxygen atoms in total. The van der Waals surface area contributed by atoms with E-state index in [1.807, 2.05) is 0 Å². The van der Waals surface area contributed by atoms with Gasteiger partial charge in [-0.05, 0) is 18.9 Å². The molecule has 0 spiro atoms. The molecular weight excluding hydrogens is 252 g/mol. The van der Waals surface area contributed by atoms with Crippen molar-refractivity contribution in [1.29, 1.82) is 0 Å². The number of carboxylic acid groups (broad SMARTS) is 1. The number of hydrogen-bond acceptors (Lipinski definition) is 4. The molecule has 19 heavy (non-hydrogen) atoms. The van der Waals surface area contributed by atoms with Crippen molar-refractivity contribution in [1.82, 2.24) is 10.6 Å². The Hall–Kier alpha value is -2.31. The van der Waals surface area contributed by atoms with Gasteiger partial charge in [-0.25, -0.2) is 4.79 Å². The van der Waals surface area contributed by atoms with Gasteiger partial charge in [-0.15, -0.1) is 0 Å². The molecule has 1 heterocycles. The highest BCUT2D eigenvalue weighted by atomic mass is 16.4. The number of carbonyl (C=O) groups is 3. The number of amides is 3. The Bertz CT molecular complexity index is 427. The summed E-state index contributed by atoms with van der Waals surface area (Å²) in [6.07, 6.45) is 4.00. The highest BCUT2D eigenvalue weighted by molar-refractivity contribution is 5.94. The summed E-state index contributed by atoms with van der Waals surface area (Å²) in [6.45, 7) is 0.272. The van der Waals surface area contributed by atoms with Gasteiger partial charge in [0, 0.05) is 24.9 Å². The van der Waals surface area contributed by atoms with Crippen molar-refractivity contribution in [3.05, 3.63) is 24.2 Å². The number of carboxylic acids is 1. The van der Waals surface area contributed by atoms with Crippen molar-refractivity contribution < 1.29 is 23.9 Å². The molecule has 1 aromatic heterocycles. The van der Waals surface area contributed by atoms with Gasteiger partial charge in [0.15, 0.2) is 0 Å². The summed E-state index contributed by atoms with van der Waals surface area (Å²) < 4.78 is 4.83. The molecule has 3 amide bonds. The van der Waals surface area contributed by atoms with E-state index < -0.39 is 17.9 Å². The lowest BCUT2D eigenvalue weighted by molar-refractivity contribution is -0.137. The summed E-state index contributed by atoms with van der Waals surface area (Å²) in [5.74, 6) is -1.31. The molecule has 7 heteroatoms. The Balaban J connectivity index is 2.10. The number of imide groups is 1. The Labute approximate surface area is 110 Å². The van der Waals surface area contributed by atoms with Crippen molar-refractivity contribution in [2.75, 3.05) is 0 Å². The zero-order valence-corrected chi connectivity index (χ0v) is 10.3. The van der Waals surface area contributed by atoms with Crippen LogP contribution in [0.15, 0.2) is 23.0 Å². The maximum absolute atomic E-state index is 11.3. The van der Waals surface area contributed by atoms with Gasteiger partial charge < -0.3 is 14.8 Å². The minimum absolute atomic E-state index is 0.0277. The summed E-state index contributed by atoms with van der Waals surface area (Å²) in [4.78, 5) is 32.9. The Morgan fingerprint density at radius 2 is 1.95 bits per heavy atom. The van der Waals surface area contributed by atoms with E-state index in [-0.39, 0.29) is 19.4 Å². The minimum atomic E-state index is -0.890. The van der Waals surface area contributed by atoms with E-state index >= 15 is 0 Å². The molecule has 0 fully saturated rings. The van der Waals surface area contributed by atoms with Gasteiger partial charge in [0.2, 0.25) is 5.91 Å². The molecule has 0 saturated carbocycles. The number of hydrogen-bond donors (Lipinski definition) is 3. The van der Waals surface area contributed by atoms with Crippen LogP contribution in [0.2, 0.25) is 0 Å². The number of aliphatic carboxylic acids is 1. The summed E-state index contributed by atoms with van der Waals surface area (Å²) in [5.41, 5.74) is 0.795. The third kappa shape index (κ3) is 6.87. The molecule has 0 aliphatic rings. The van der Waals surface area contributed by atoms with Gasteiger partial charge in [-0.1, -0.05) is 0 Å². The number of urea groups is 1. The van der Waals surface area contributed by atoms with Crippen LogP contribution in [-0.4, -0.2) is 23.0 Å². The fourth-order valence-electron chi connectivity index (χ4n) is 1.37. The molecular formula is C12H16N2O5. The van der Waals surface area contributed by atoms with Crippen LogP contribution in [0.4, 0.5) is 4.79 Å². The van der Waals surface area contributed by atoms with E-state index in [2.05, 4.69) is 10.6 Å². The first-order valence-corrected chi connectivity index (χ1v) is 5.88. The van der Waals surface area contributed by atoms with Crippen LogP contribution in [0, 0.1) is 0 Å². The van der Waals surface area contributed by atoms with E-state index in [9.17, 15) is 14.4 Å². The van der Waals surface area contributed by atoms with Crippen LogP contribution in [0.5, 0.6) is 0 Å². The number of nitrogens with one attached hydrogen (secondary N) is 2. The number of furan rings is 1. The average molecular weight is 268 g/mol. The first-order valence-electron chi connectivity index (χ1n) is 5.88. The number of carbonyl (C=O) groups excluding carboxylic acids is 2. The van der Waals surface area contributed by atoms with Gasteiger partial charge >= 0.3 is 12.0 Å². The highest BCUT2D eigenvalue weighted by Gasteiger charge is 2.07. The van der Waals surface area contributed by atoms with Crippen LogP contribution in [0.3, 0.4) is 0 Å². The molecule has 104 valence electrons. The quantitative estimate of drug-likeness (QED) is 0.645. The summed E-state index contributed by atoms with van der Waals surface area (Å²) in [6, 6.07) is 1.12. The Morgan fingerprint density at radius 1 is 1.21 bits per heavy atom. The monoisotopic (exact) mass is 268 g/mol. The lowest BCUT2D eigenvalue weighted by atomic mass is 10.2. The molecule has 0 bridgehead atoms. The first kappa shape index (κ1) is 14.7. The second-order valence-electron chi connectivity index (χ2n) is 3.96. The van der Waals surface area contributed by atoms with Gasteiger partial charge in [0.05, 0.1) is 12.5 Å². The molecule has 0 radical (unpaired) electrons. The standard InChI is InChI=1S/C12H16N2O5/c15-10(3-1-2-4-11(16)17)14-12(18)13-7-9-5-6-19-8-9/h5-6,8H,1-4,7H2,(H,16,17)(H2,13,14,15,18). The van der Waals surface area contributed by atoms with Gasteiger partial charge in [0.1, 0.15) is 0 Å². The third-order valence-corrected chi connectivity index (χ3v) is 2.33. The fourth-order valence-corrected chi connectivity index (χ4v) is 1.37. The predicted molar refractivity (Wildman–Crippen MR) is 65.2 cm³/mol. The highest BCUT2D eigenvalue weighted by Crippen LogP contribution is 2.00. The van der Waals surface area contributed by atoms with E-state index in [4.69, 9.17) is 9.52 Å². The lowest BCUT2D eigenvalue weighted by Gasteiger charge is -2.05. The average Bonchev–Trinajstić information content (AvgIpc) is 2.85. The van der Waals surface area contributed by atoms with Gasteiger partial charge in [-0.2, -0.15) is 0 Å². The van der Waals surface area contributed by atoms with Crippen LogP contribution < -0.4 is 10.6 Å². The molecule has 1 rings (SSSR count). The lowest BCUT2D eigenvalue weighted by Crippen LogP contribution is -2.38. The Kier molecular flexibility index (Phi) is 6.14. The van der Waals surface area contributed by atoms with Crippen molar-refractivity contribution in [2.45, 2.75) is 32.2 Å². The van der Waals surface area contributed by atoms with Gasteiger partial charge in [0.25, 0.3) is 0 Å². The predicted octanol–water partition coefficient (Wildman–Crippen LogP) is 1.25. The molecule has 0 aliphatic heterocycles. The summed E-state index contributed by atoms with van der Waals surface area (Å²) >= 11 is 0. The number of unbranched alkanes of at least 4 members (excludes halogenated alkanes) is 1. The van der Waals surface area contributed by atoms with Crippen LogP contribution in [-0.2, 0) is 16.1 Å². The van der Waals surface area contributed by atoms with Crippen LogP contribution in [0.1, 0.15) is 31.2 Å². The molecule has 1 aromatic rings. The third-order valence-electron chi connectivity index (χ3n) is 2.33. The van der Waals surface area contributed by atoms with Crippen LogP contribution in [0.25, 0.3) is 0 Å². The van der Waals surface area contributed by atoms with E-state index in [0.717, 1.165) is 5.56 Å².